The third kappa shape index (κ3) is 1.84. The van der Waals surface area contributed by atoms with Crippen molar-refractivity contribution in [3.8, 4) is 10.6 Å². The van der Waals surface area contributed by atoms with Crippen molar-refractivity contribution in [1.29, 1.82) is 0 Å². The van der Waals surface area contributed by atoms with Crippen LogP contribution in [0.5, 0.6) is 0 Å². The van der Waals surface area contributed by atoms with Crippen molar-refractivity contribution >= 4 is 22.5 Å². The highest BCUT2D eigenvalue weighted by atomic mass is 32.1. The van der Waals surface area contributed by atoms with Gasteiger partial charge in [-0.25, -0.2) is 9.97 Å². The number of aromatic nitrogens is 4. The van der Waals surface area contributed by atoms with Gasteiger partial charge in [0, 0.05) is 0 Å². The van der Waals surface area contributed by atoms with Crippen LogP contribution in [0.1, 0.15) is 4.88 Å². The van der Waals surface area contributed by atoms with Crippen LogP contribution in [0.2, 0.25) is 0 Å². The van der Waals surface area contributed by atoms with Gasteiger partial charge in [-0.3, -0.25) is 5.10 Å². The Kier molecular flexibility index (Phi) is 2.34. The second-order valence-corrected chi connectivity index (χ2v) is 4.60. The number of alkyl halides is 3. The largest absolute Gasteiger partial charge is 0.425 e. The van der Waals surface area contributed by atoms with Crippen LogP contribution in [-0.2, 0) is 6.18 Å². The Morgan fingerprint density at radius 1 is 1.17 bits per heavy atom. The summed E-state index contributed by atoms with van der Waals surface area (Å²) in [5, 5.41) is 6.38. The average Bonchev–Trinajstić information content (AvgIpc) is 2.96. The second-order valence-electron chi connectivity index (χ2n) is 3.52. The van der Waals surface area contributed by atoms with E-state index < -0.39 is 11.1 Å². The SMILES string of the molecule is FC(F)(F)c1ccc(-c2cnc3cn[nH]c3n2)s1. The number of rotatable bonds is 1. The summed E-state index contributed by atoms with van der Waals surface area (Å²) in [5.74, 6) is 0. The minimum atomic E-state index is -4.32. The molecule has 1 N–H and O–H groups in total. The summed E-state index contributed by atoms with van der Waals surface area (Å²) in [6, 6.07) is 2.43. The van der Waals surface area contributed by atoms with E-state index in [4.69, 9.17) is 0 Å². The van der Waals surface area contributed by atoms with E-state index in [0.717, 1.165) is 6.07 Å². The van der Waals surface area contributed by atoms with Crippen LogP contribution in [0.3, 0.4) is 0 Å². The van der Waals surface area contributed by atoms with Crippen LogP contribution in [0.4, 0.5) is 13.2 Å². The third-order valence-corrected chi connectivity index (χ3v) is 3.45. The van der Waals surface area contributed by atoms with Gasteiger partial charge in [0.1, 0.15) is 16.1 Å². The first kappa shape index (κ1) is 11.1. The van der Waals surface area contributed by atoms with Crippen molar-refractivity contribution in [2.45, 2.75) is 6.18 Å². The van der Waals surface area contributed by atoms with Crippen molar-refractivity contribution in [2.24, 2.45) is 0 Å². The lowest BCUT2D eigenvalue weighted by Gasteiger charge is -2.00. The Bertz CT molecular complexity index is 700. The predicted molar refractivity (Wildman–Crippen MR) is 60.0 cm³/mol. The van der Waals surface area contributed by atoms with Gasteiger partial charge in [0.15, 0.2) is 5.65 Å². The molecule has 4 nitrogen and oxygen atoms in total. The van der Waals surface area contributed by atoms with Crippen molar-refractivity contribution in [3.05, 3.63) is 29.4 Å². The summed E-state index contributed by atoms with van der Waals surface area (Å²) in [5.41, 5.74) is 1.42. The van der Waals surface area contributed by atoms with Gasteiger partial charge in [-0.05, 0) is 12.1 Å². The number of thiophene rings is 1. The molecule has 0 aromatic carbocycles. The molecule has 3 heterocycles. The van der Waals surface area contributed by atoms with E-state index in [1.807, 2.05) is 0 Å². The molecule has 18 heavy (non-hydrogen) atoms. The molecule has 92 valence electrons. The van der Waals surface area contributed by atoms with E-state index in [1.54, 1.807) is 0 Å². The first-order valence-electron chi connectivity index (χ1n) is 4.87. The maximum absolute atomic E-state index is 12.5. The van der Waals surface area contributed by atoms with E-state index in [-0.39, 0.29) is 0 Å². The van der Waals surface area contributed by atoms with Crippen molar-refractivity contribution in [3.63, 3.8) is 0 Å². The molecule has 0 spiro atoms. The summed E-state index contributed by atoms with van der Waals surface area (Å²) < 4.78 is 37.4. The molecule has 0 aliphatic heterocycles. The van der Waals surface area contributed by atoms with Crippen LogP contribution in [0.15, 0.2) is 24.5 Å². The standard InChI is InChI=1S/C10H5F3N4S/c11-10(12,13)8-2-1-7(18-8)5-3-14-6-4-15-17-9(6)16-5/h1-4H,(H,15,16,17). The fraction of sp³-hybridized carbons (Fsp3) is 0.100. The summed E-state index contributed by atoms with van der Waals surface area (Å²) in [4.78, 5) is 7.99. The van der Waals surface area contributed by atoms with Crippen LogP contribution in [-0.4, -0.2) is 20.2 Å². The van der Waals surface area contributed by atoms with Gasteiger partial charge in [0.2, 0.25) is 0 Å². The Morgan fingerprint density at radius 3 is 2.72 bits per heavy atom. The van der Waals surface area contributed by atoms with Gasteiger partial charge in [0.25, 0.3) is 0 Å². The minimum absolute atomic E-state index is 0.396. The highest BCUT2D eigenvalue weighted by molar-refractivity contribution is 7.15. The summed E-state index contributed by atoms with van der Waals surface area (Å²) in [7, 11) is 0. The Labute approximate surface area is 103 Å². The molecule has 0 atom stereocenters. The molecule has 3 rings (SSSR count). The van der Waals surface area contributed by atoms with E-state index in [1.165, 1.54) is 18.5 Å². The predicted octanol–water partition coefficient (Wildman–Crippen LogP) is 3.10. The summed E-state index contributed by atoms with van der Waals surface area (Å²) in [6.07, 6.45) is -1.39. The van der Waals surface area contributed by atoms with Crippen molar-refractivity contribution < 1.29 is 13.2 Å². The molecule has 8 heteroatoms. The van der Waals surface area contributed by atoms with Gasteiger partial charge >= 0.3 is 6.18 Å². The molecule has 0 amide bonds. The fourth-order valence-corrected chi connectivity index (χ4v) is 2.30. The molecule has 0 saturated heterocycles. The molecular weight excluding hydrogens is 265 g/mol. The molecule has 0 aliphatic rings. The molecule has 0 unspecified atom stereocenters. The maximum atomic E-state index is 12.5. The lowest BCUT2D eigenvalue weighted by molar-refractivity contribution is -0.134. The third-order valence-electron chi connectivity index (χ3n) is 2.30. The van der Waals surface area contributed by atoms with Gasteiger partial charge in [-0.15, -0.1) is 11.3 Å². The van der Waals surface area contributed by atoms with E-state index in [9.17, 15) is 13.2 Å². The minimum Gasteiger partial charge on any atom is -0.259 e. The first-order chi connectivity index (χ1) is 8.54. The molecule has 0 radical (unpaired) electrons. The number of hydrogen-bond donors (Lipinski definition) is 1. The maximum Gasteiger partial charge on any atom is 0.425 e. The second kappa shape index (κ2) is 3.77. The number of nitrogens with one attached hydrogen (secondary N) is 1. The smallest absolute Gasteiger partial charge is 0.259 e. The zero-order chi connectivity index (χ0) is 12.8. The molecular formula is C10H5F3N4S. The fourth-order valence-electron chi connectivity index (χ4n) is 1.48. The highest BCUT2D eigenvalue weighted by Gasteiger charge is 2.32. The lowest BCUT2D eigenvalue weighted by atomic mass is 10.3. The monoisotopic (exact) mass is 270 g/mol. The van der Waals surface area contributed by atoms with E-state index in [2.05, 4.69) is 20.2 Å². The number of halogens is 3. The molecule has 0 saturated carbocycles. The van der Waals surface area contributed by atoms with Crippen LogP contribution in [0.25, 0.3) is 21.7 Å². The van der Waals surface area contributed by atoms with Crippen LogP contribution >= 0.6 is 11.3 Å². The van der Waals surface area contributed by atoms with Crippen molar-refractivity contribution in [2.75, 3.05) is 0 Å². The summed E-state index contributed by atoms with van der Waals surface area (Å²) in [6.45, 7) is 0. The van der Waals surface area contributed by atoms with Gasteiger partial charge in [-0.1, -0.05) is 0 Å². The number of nitrogens with zero attached hydrogens (tertiary/aromatic N) is 3. The van der Waals surface area contributed by atoms with Crippen LogP contribution < -0.4 is 0 Å². The molecule has 0 bridgehead atoms. The normalized spacial score (nSPS) is 12.2. The quantitative estimate of drug-likeness (QED) is 0.739. The van der Waals surface area contributed by atoms with E-state index in [0.29, 0.717) is 33.1 Å². The summed E-state index contributed by atoms with van der Waals surface area (Å²) >= 11 is 0.642. The first-order valence-corrected chi connectivity index (χ1v) is 5.69. The Morgan fingerprint density at radius 2 is 2.00 bits per heavy atom. The zero-order valence-electron chi connectivity index (χ0n) is 8.69. The molecule has 0 fully saturated rings. The number of fused-ring (bicyclic) bond motifs is 1. The number of hydrogen-bond acceptors (Lipinski definition) is 4. The van der Waals surface area contributed by atoms with Gasteiger partial charge in [-0.2, -0.15) is 18.3 Å². The Balaban J connectivity index is 2.06. The highest BCUT2D eigenvalue weighted by Crippen LogP contribution is 2.37. The molecule has 3 aromatic heterocycles. The zero-order valence-corrected chi connectivity index (χ0v) is 9.51. The number of H-pyrrole nitrogens is 1. The Hall–Kier alpha value is -1.96. The molecule has 3 aromatic rings. The average molecular weight is 270 g/mol. The van der Waals surface area contributed by atoms with Crippen LogP contribution in [0, 0.1) is 0 Å². The van der Waals surface area contributed by atoms with Gasteiger partial charge in [0.05, 0.1) is 17.3 Å². The lowest BCUT2D eigenvalue weighted by Crippen LogP contribution is -2.00. The topological polar surface area (TPSA) is 54.5 Å². The number of aromatic amines is 1. The van der Waals surface area contributed by atoms with Gasteiger partial charge < -0.3 is 0 Å². The molecule has 0 aliphatic carbocycles. The van der Waals surface area contributed by atoms with Crippen molar-refractivity contribution in [1.82, 2.24) is 20.2 Å². The van der Waals surface area contributed by atoms with E-state index >= 15 is 0 Å².